The number of aliphatic hydroxyl groups excluding tert-OH is 2. The second-order valence-electron chi connectivity index (χ2n) is 20.7. The highest BCUT2D eigenvalue weighted by Crippen LogP contribution is 2.17. The van der Waals surface area contributed by atoms with E-state index in [0.29, 0.717) is 13.1 Å². The molecule has 0 aromatic rings. The lowest BCUT2D eigenvalue weighted by atomic mass is 10.0. The zero-order chi connectivity index (χ0) is 46.6. The maximum Gasteiger partial charge on any atom is 0.0558 e. The van der Waals surface area contributed by atoms with E-state index >= 15 is 0 Å². The van der Waals surface area contributed by atoms with Crippen LogP contribution in [0.3, 0.4) is 0 Å². The molecule has 0 amide bonds. The molecule has 0 aromatic heterocycles. The van der Waals surface area contributed by atoms with E-state index in [1.807, 2.05) is 0 Å². The van der Waals surface area contributed by atoms with Crippen molar-refractivity contribution in [1.29, 1.82) is 0 Å². The van der Waals surface area contributed by atoms with Gasteiger partial charge in [0.05, 0.1) is 13.2 Å². The van der Waals surface area contributed by atoms with Gasteiger partial charge in [-0.2, -0.15) is 0 Å². The van der Waals surface area contributed by atoms with Gasteiger partial charge < -0.3 is 15.5 Å². The van der Waals surface area contributed by atoms with Crippen LogP contribution < -0.4 is 5.32 Å². The summed E-state index contributed by atoms with van der Waals surface area (Å²) in [5.41, 5.74) is 0. The summed E-state index contributed by atoms with van der Waals surface area (Å²) in [7, 11) is 0. The van der Waals surface area contributed by atoms with Gasteiger partial charge in [-0.05, 0) is 38.9 Å². The fourth-order valence-electron chi connectivity index (χ4n) is 9.58. The number of nitrogens with one attached hydrogen (secondary N) is 1. The molecule has 0 aliphatic carbocycles. The molecule has 0 aromatic carbocycles. The molecule has 0 radical (unpaired) electrons. The Morgan fingerprint density at radius 3 is 0.578 bits per heavy atom. The monoisotopic (exact) mass is 907 g/mol. The summed E-state index contributed by atoms with van der Waals surface area (Å²) in [6.07, 6.45) is 72.2. The predicted molar refractivity (Wildman–Crippen MR) is 291 cm³/mol. The van der Waals surface area contributed by atoms with Gasteiger partial charge in [-0.3, -0.25) is 4.90 Å². The zero-order valence-corrected chi connectivity index (χ0v) is 45.1. The van der Waals surface area contributed by atoms with Crippen LogP contribution in [0.4, 0.5) is 0 Å². The lowest BCUT2D eigenvalue weighted by molar-refractivity contribution is 0.159. The fraction of sp³-hybridized carbons (Fsp3) is 1.00. The maximum absolute atomic E-state index is 8.90. The Balaban J connectivity index is 0. The third kappa shape index (κ3) is 63.9. The second-order valence-corrected chi connectivity index (χ2v) is 20.7. The highest BCUT2D eigenvalue weighted by atomic mass is 16.3. The van der Waals surface area contributed by atoms with Gasteiger partial charge in [0, 0.05) is 13.1 Å². The molecule has 0 heterocycles. The Kier molecular flexibility index (Phi) is 66.9. The molecule has 0 aliphatic rings. The minimum atomic E-state index is 0.192. The van der Waals surface area contributed by atoms with E-state index in [2.05, 4.69) is 31.0 Å². The van der Waals surface area contributed by atoms with Crippen molar-refractivity contribution in [3.05, 3.63) is 0 Å². The first-order valence-corrected chi connectivity index (χ1v) is 30.4. The van der Waals surface area contributed by atoms with Gasteiger partial charge in [0.1, 0.15) is 0 Å². The molecule has 3 N–H and O–H groups in total. The summed E-state index contributed by atoms with van der Waals surface area (Å²) in [6.45, 7) is 12.2. The lowest BCUT2D eigenvalue weighted by Gasteiger charge is -2.19. The van der Waals surface area contributed by atoms with Crippen molar-refractivity contribution < 1.29 is 10.2 Å². The quantitative estimate of drug-likeness (QED) is 0.0532. The molecular formula is C60H126N2O2. The third-order valence-electron chi connectivity index (χ3n) is 14.1. The molecule has 4 nitrogen and oxygen atoms in total. The van der Waals surface area contributed by atoms with E-state index < -0.39 is 0 Å². The van der Waals surface area contributed by atoms with Crippen LogP contribution in [0.5, 0.6) is 0 Å². The number of hydrogen-bond acceptors (Lipinski definition) is 4. The molecule has 0 aliphatic heterocycles. The number of hydrogen-bond donors (Lipinski definition) is 3. The summed E-state index contributed by atoms with van der Waals surface area (Å²) in [4.78, 5) is 2.14. The first-order valence-electron chi connectivity index (χ1n) is 30.4. The van der Waals surface area contributed by atoms with Crippen LogP contribution in [0.1, 0.15) is 342 Å². The predicted octanol–water partition coefficient (Wildman–Crippen LogP) is 19.4. The summed E-state index contributed by atoms with van der Waals surface area (Å²) < 4.78 is 0. The number of nitrogens with zero attached hydrogens (tertiary/aromatic N) is 1. The summed E-state index contributed by atoms with van der Waals surface area (Å²) in [6, 6.07) is 0. The van der Waals surface area contributed by atoms with Crippen LogP contribution in [-0.4, -0.2) is 61.1 Å². The molecule has 0 saturated carbocycles. The van der Waals surface area contributed by atoms with Crippen LogP contribution >= 0.6 is 0 Å². The molecule has 0 atom stereocenters. The molecule has 64 heavy (non-hydrogen) atoms. The van der Waals surface area contributed by atoms with Gasteiger partial charge in [0.2, 0.25) is 0 Å². The van der Waals surface area contributed by atoms with Crippen molar-refractivity contribution in [2.24, 2.45) is 0 Å². The van der Waals surface area contributed by atoms with Crippen LogP contribution in [0.25, 0.3) is 0 Å². The Morgan fingerprint density at radius 1 is 0.219 bits per heavy atom. The van der Waals surface area contributed by atoms with Gasteiger partial charge >= 0.3 is 0 Å². The van der Waals surface area contributed by atoms with E-state index in [-0.39, 0.29) is 13.2 Å². The summed E-state index contributed by atoms with van der Waals surface area (Å²) >= 11 is 0. The lowest BCUT2D eigenvalue weighted by Crippen LogP contribution is -2.30. The standard InChI is InChI=1S/C44H91N.C16H35NO2/c1-3-5-7-9-11-13-15-17-19-21-23-25-27-29-31-33-35-37-39-41-43-45-44-42-40-38-36-34-32-30-28-26-24-22-20-18-16-14-12-10-8-6-4-2;1-2-3-4-5-6-7-8-9-10-11-12-17(13-15-18)14-16-19/h45H,3-44H2,1-2H3;18-19H,2-16H2,1H3. The van der Waals surface area contributed by atoms with Gasteiger partial charge in [0.25, 0.3) is 0 Å². The summed E-state index contributed by atoms with van der Waals surface area (Å²) in [5.74, 6) is 0. The van der Waals surface area contributed by atoms with E-state index in [4.69, 9.17) is 10.2 Å². The number of unbranched alkanes of at least 4 members (excludes halogenated alkanes) is 47. The minimum absolute atomic E-state index is 0.192. The van der Waals surface area contributed by atoms with Crippen molar-refractivity contribution in [2.45, 2.75) is 342 Å². The van der Waals surface area contributed by atoms with Crippen LogP contribution in [0.2, 0.25) is 0 Å². The van der Waals surface area contributed by atoms with Gasteiger partial charge in [-0.1, -0.05) is 323 Å². The Bertz CT molecular complexity index is 701. The van der Waals surface area contributed by atoms with Crippen molar-refractivity contribution in [1.82, 2.24) is 10.2 Å². The zero-order valence-electron chi connectivity index (χ0n) is 45.1. The molecule has 0 saturated heterocycles. The minimum Gasteiger partial charge on any atom is -0.395 e. The molecular weight excluding hydrogens is 781 g/mol. The summed E-state index contributed by atoms with van der Waals surface area (Å²) in [5, 5.41) is 21.5. The van der Waals surface area contributed by atoms with Gasteiger partial charge in [0.15, 0.2) is 0 Å². The Hall–Kier alpha value is -0.160. The molecule has 0 spiro atoms. The van der Waals surface area contributed by atoms with Crippen molar-refractivity contribution in [2.75, 3.05) is 45.9 Å². The normalized spacial score (nSPS) is 11.5. The largest absolute Gasteiger partial charge is 0.395 e. The highest BCUT2D eigenvalue weighted by molar-refractivity contribution is 4.58. The molecule has 4 heteroatoms. The third-order valence-corrected chi connectivity index (χ3v) is 14.1. The van der Waals surface area contributed by atoms with Crippen molar-refractivity contribution in [3.8, 4) is 0 Å². The Labute approximate surface area is 406 Å². The van der Waals surface area contributed by atoms with Crippen LogP contribution in [-0.2, 0) is 0 Å². The smallest absolute Gasteiger partial charge is 0.0558 e. The fourth-order valence-corrected chi connectivity index (χ4v) is 9.58. The van der Waals surface area contributed by atoms with Crippen LogP contribution in [0.15, 0.2) is 0 Å². The van der Waals surface area contributed by atoms with E-state index in [1.54, 1.807) is 0 Å². The average molecular weight is 908 g/mol. The molecule has 0 bridgehead atoms. The molecule has 0 fully saturated rings. The van der Waals surface area contributed by atoms with Crippen molar-refractivity contribution in [3.63, 3.8) is 0 Å². The number of rotatable bonds is 57. The van der Waals surface area contributed by atoms with Crippen molar-refractivity contribution >= 4 is 0 Å². The first kappa shape index (κ1) is 65.9. The van der Waals surface area contributed by atoms with Crippen LogP contribution in [0, 0.1) is 0 Å². The first-order chi connectivity index (χ1) is 31.8. The van der Waals surface area contributed by atoms with E-state index in [9.17, 15) is 0 Å². The maximum atomic E-state index is 8.90. The Morgan fingerprint density at radius 2 is 0.391 bits per heavy atom. The topological polar surface area (TPSA) is 55.7 Å². The van der Waals surface area contributed by atoms with Gasteiger partial charge in [-0.15, -0.1) is 0 Å². The number of aliphatic hydroxyl groups is 2. The highest BCUT2D eigenvalue weighted by Gasteiger charge is 2.03. The molecule has 388 valence electrons. The molecule has 0 unspecified atom stereocenters. The molecule has 0 rings (SSSR count). The second kappa shape index (κ2) is 64.9. The SMILES string of the molecule is CCCCCCCCCCCCCCCCCCCCCCNCCCCCCCCCCCCCCCCCCCCCC.CCCCCCCCCCCCN(CCO)CCO. The van der Waals surface area contributed by atoms with E-state index in [1.165, 1.54) is 334 Å². The average Bonchev–Trinajstić information content (AvgIpc) is 3.30. The van der Waals surface area contributed by atoms with Gasteiger partial charge in [-0.25, -0.2) is 0 Å². The van der Waals surface area contributed by atoms with E-state index in [0.717, 1.165) is 6.54 Å².